The first-order chi connectivity index (χ1) is 8.15. The first-order valence-electron chi connectivity index (χ1n) is 6.04. The zero-order valence-electron chi connectivity index (χ0n) is 10.3. The van der Waals surface area contributed by atoms with E-state index >= 15 is 0 Å². The number of fused-ring (bicyclic) bond motifs is 1. The van der Waals surface area contributed by atoms with E-state index < -0.39 is 6.10 Å². The van der Waals surface area contributed by atoms with Gasteiger partial charge in [-0.1, -0.05) is 18.6 Å². The van der Waals surface area contributed by atoms with Crippen molar-refractivity contribution < 1.29 is 9.52 Å². The molecule has 0 saturated heterocycles. The predicted molar refractivity (Wildman–Crippen MR) is 68.7 cm³/mol. The SMILES string of the molecule is CCC(CN)C(O)c1cc2cc(C)ccc2o1. The third kappa shape index (κ3) is 2.35. The lowest BCUT2D eigenvalue weighted by Crippen LogP contribution is -2.20. The van der Waals surface area contributed by atoms with Gasteiger partial charge >= 0.3 is 0 Å². The smallest absolute Gasteiger partial charge is 0.134 e. The molecule has 0 aliphatic heterocycles. The van der Waals surface area contributed by atoms with Crippen LogP contribution >= 0.6 is 0 Å². The fraction of sp³-hybridized carbons (Fsp3) is 0.429. The molecule has 0 spiro atoms. The van der Waals surface area contributed by atoms with E-state index in [1.54, 1.807) is 0 Å². The highest BCUT2D eigenvalue weighted by Gasteiger charge is 2.21. The number of furan rings is 1. The summed E-state index contributed by atoms with van der Waals surface area (Å²) in [4.78, 5) is 0. The lowest BCUT2D eigenvalue weighted by molar-refractivity contribution is 0.0891. The van der Waals surface area contributed by atoms with Gasteiger partial charge in [-0.3, -0.25) is 0 Å². The van der Waals surface area contributed by atoms with Crippen LogP contribution < -0.4 is 5.73 Å². The van der Waals surface area contributed by atoms with Gasteiger partial charge in [0.25, 0.3) is 0 Å². The van der Waals surface area contributed by atoms with Gasteiger partial charge in [-0.15, -0.1) is 0 Å². The Balaban J connectivity index is 2.35. The van der Waals surface area contributed by atoms with Gasteiger partial charge in [0.1, 0.15) is 17.4 Å². The molecule has 92 valence electrons. The van der Waals surface area contributed by atoms with Crippen molar-refractivity contribution in [3.8, 4) is 0 Å². The summed E-state index contributed by atoms with van der Waals surface area (Å²) in [6.07, 6.45) is 0.228. The topological polar surface area (TPSA) is 59.4 Å². The van der Waals surface area contributed by atoms with Crippen molar-refractivity contribution in [2.24, 2.45) is 11.7 Å². The maximum absolute atomic E-state index is 10.2. The minimum atomic E-state index is -0.613. The Kier molecular flexibility index (Phi) is 3.50. The van der Waals surface area contributed by atoms with Crippen LogP contribution in [-0.4, -0.2) is 11.7 Å². The van der Waals surface area contributed by atoms with Crippen LogP contribution in [0.1, 0.15) is 30.8 Å². The number of hydrogen-bond acceptors (Lipinski definition) is 3. The van der Waals surface area contributed by atoms with Gasteiger partial charge in [-0.05, 0) is 38.1 Å². The second-order valence-electron chi connectivity index (χ2n) is 4.54. The normalized spacial score (nSPS) is 15.1. The van der Waals surface area contributed by atoms with E-state index in [0.29, 0.717) is 12.3 Å². The van der Waals surface area contributed by atoms with Gasteiger partial charge in [0.15, 0.2) is 0 Å². The van der Waals surface area contributed by atoms with Crippen molar-refractivity contribution in [1.29, 1.82) is 0 Å². The Morgan fingerprint density at radius 1 is 1.35 bits per heavy atom. The number of aryl methyl sites for hydroxylation is 1. The molecule has 2 atom stereocenters. The molecule has 0 aliphatic carbocycles. The molecule has 3 heteroatoms. The highest BCUT2D eigenvalue weighted by Crippen LogP contribution is 2.29. The Morgan fingerprint density at radius 3 is 2.76 bits per heavy atom. The van der Waals surface area contributed by atoms with Crippen LogP contribution in [0.15, 0.2) is 28.7 Å². The Morgan fingerprint density at radius 2 is 2.12 bits per heavy atom. The lowest BCUT2D eigenvalue weighted by atomic mass is 9.98. The Bertz CT molecular complexity index is 500. The standard InChI is InChI=1S/C14H19NO2/c1-3-10(8-15)14(16)13-7-11-6-9(2)4-5-12(11)17-13/h4-7,10,14,16H,3,8,15H2,1-2H3. The number of hydrogen-bond donors (Lipinski definition) is 2. The fourth-order valence-corrected chi connectivity index (χ4v) is 2.08. The first-order valence-corrected chi connectivity index (χ1v) is 6.04. The van der Waals surface area contributed by atoms with E-state index in [0.717, 1.165) is 17.4 Å². The molecule has 2 aromatic rings. The highest BCUT2D eigenvalue weighted by atomic mass is 16.4. The molecule has 2 unspecified atom stereocenters. The lowest BCUT2D eigenvalue weighted by Gasteiger charge is -2.17. The molecular formula is C14H19NO2. The van der Waals surface area contributed by atoms with Crippen molar-refractivity contribution in [1.82, 2.24) is 0 Å². The molecule has 2 rings (SSSR count). The maximum Gasteiger partial charge on any atom is 0.134 e. The molecule has 17 heavy (non-hydrogen) atoms. The monoisotopic (exact) mass is 233 g/mol. The molecule has 1 aromatic heterocycles. The summed E-state index contributed by atoms with van der Waals surface area (Å²) >= 11 is 0. The maximum atomic E-state index is 10.2. The first kappa shape index (κ1) is 12.1. The highest BCUT2D eigenvalue weighted by molar-refractivity contribution is 5.78. The van der Waals surface area contributed by atoms with Crippen molar-refractivity contribution >= 4 is 11.0 Å². The summed E-state index contributed by atoms with van der Waals surface area (Å²) in [6, 6.07) is 7.90. The number of benzene rings is 1. The Labute approximate surface area is 101 Å². The molecule has 3 N–H and O–H groups in total. The van der Waals surface area contributed by atoms with Gasteiger partial charge < -0.3 is 15.3 Å². The van der Waals surface area contributed by atoms with Crippen LogP contribution in [0.5, 0.6) is 0 Å². The minimum Gasteiger partial charge on any atom is -0.458 e. The number of aliphatic hydroxyl groups excluding tert-OH is 1. The summed E-state index contributed by atoms with van der Waals surface area (Å²) in [5.74, 6) is 0.666. The van der Waals surface area contributed by atoms with Gasteiger partial charge in [-0.25, -0.2) is 0 Å². The van der Waals surface area contributed by atoms with E-state index in [1.165, 1.54) is 5.56 Å². The molecular weight excluding hydrogens is 214 g/mol. The fourth-order valence-electron chi connectivity index (χ4n) is 2.08. The second kappa shape index (κ2) is 4.90. The molecule has 1 heterocycles. The number of aliphatic hydroxyl groups is 1. The molecule has 0 radical (unpaired) electrons. The van der Waals surface area contributed by atoms with Gasteiger partial charge in [-0.2, -0.15) is 0 Å². The molecule has 0 bridgehead atoms. The summed E-state index contributed by atoms with van der Waals surface area (Å²) in [7, 11) is 0. The molecule has 3 nitrogen and oxygen atoms in total. The van der Waals surface area contributed by atoms with E-state index in [-0.39, 0.29) is 5.92 Å². The van der Waals surface area contributed by atoms with Crippen LogP contribution in [0.25, 0.3) is 11.0 Å². The van der Waals surface area contributed by atoms with E-state index in [9.17, 15) is 5.11 Å². The summed E-state index contributed by atoms with van der Waals surface area (Å²) in [5, 5.41) is 11.2. The van der Waals surface area contributed by atoms with Crippen LogP contribution in [0.4, 0.5) is 0 Å². The van der Waals surface area contributed by atoms with E-state index in [1.807, 2.05) is 32.0 Å². The van der Waals surface area contributed by atoms with Crippen LogP contribution in [-0.2, 0) is 0 Å². The van der Waals surface area contributed by atoms with E-state index in [2.05, 4.69) is 6.07 Å². The largest absolute Gasteiger partial charge is 0.458 e. The zero-order valence-corrected chi connectivity index (χ0v) is 10.3. The third-order valence-corrected chi connectivity index (χ3v) is 3.26. The van der Waals surface area contributed by atoms with Crippen LogP contribution in [0.3, 0.4) is 0 Å². The molecule has 0 fully saturated rings. The van der Waals surface area contributed by atoms with Crippen molar-refractivity contribution in [2.75, 3.05) is 6.54 Å². The summed E-state index contributed by atoms with van der Waals surface area (Å²) < 4.78 is 5.66. The Hall–Kier alpha value is -1.32. The van der Waals surface area contributed by atoms with Crippen molar-refractivity contribution in [3.05, 3.63) is 35.6 Å². The van der Waals surface area contributed by atoms with Crippen LogP contribution in [0, 0.1) is 12.8 Å². The van der Waals surface area contributed by atoms with Gasteiger partial charge in [0, 0.05) is 11.3 Å². The molecule has 0 aliphatic rings. The van der Waals surface area contributed by atoms with Gasteiger partial charge in [0.2, 0.25) is 0 Å². The molecule has 0 saturated carbocycles. The summed E-state index contributed by atoms with van der Waals surface area (Å²) in [5.41, 5.74) is 7.64. The predicted octanol–water partition coefficient (Wildman–Crippen LogP) is 2.76. The average molecular weight is 233 g/mol. The zero-order chi connectivity index (χ0) is 12.4. The van der Waals surface area contributed by atoms with E-state index in [4.69, 9.17) is 10.2 Å². The third-order valence-electron chi connectivity index (χ3n) is 3.26. The molecule has 0 amide bonds. The van der Waals surface area contributed by atoms with Gasteiger partial charge in [0.05, 0.1) is 0 Å². The quantitative estimate of drug-likeness (QED) is 0.853. The minimum absolute atomic E-state index is 0.0525. The second-order valence-corrected chi connectivity index (χ2v) is 4.54. The van der Waals surface area contributed by atoms with Crippen molar-refractivity contribution in [3.63, 3.8) is 0 Å². The van der Waals surface area contributed by atoms with Crippen LogP contribution in [0.2, 0.25) is 0 Å². The number of rotatable bonds is 4. The number of nitrogens with two attached hydrogens (primary N) is 1. The molecule has 1 aromatic carbocycles. The average Bonchev–Trinajstić information content (AvgIpc) is 2.73. The summed E-state index contributed by atoms with van der Waals surface area (Å²) in [6.45, 7) is 4.53. The van der Waals surface area contributed by atoms with Crippen molar-refractivity contribution in [2.45, 2.75) is 26.4 Å².